The van der Waals surface area contributed by atoms with E-state index in [0.717, 1.165) is 30.1 Å². The van der Waals surface area contributed by atoms with Crippen LogP contribution in [0, 0.1) is 0 Å². The van der Waals surface area contributed by atoms with Gasteiger partial charge in [-0.3, -0.25) is 9.69 Å². The summed E-state index contributed by atoms with van der Waals surface area (Å²) < 4.78 is 5.75. The van der Waals surface area contributed by atoms with Crippen molar-refractivity contribution < 1.29 is 9.53 Å². The molecule has 25 heavy (non-hydrogen) atoms. The molecule has 1 N–H and O–H groups in total. The number of hydrogen-bond acceptors (Lipinski definition) is 3. The summed E-state index contributed by atoms with van der Waals surface area (Å²) in [6.45, 7) is 8.97. The van der Waals surface area contributed by atoms with Crippen molar-refractivity contribution in [3.63, 3.8) is 0 Å². The van der Waals surface area contributed by atoms with E-state index in [1.807, 2.05) is 30.3 Å². The Morgan fingerprint density at radius 3 is 2.56 bits per heavy atom. The second-order valence-corrected chi connectivity index (χ2v) is 7.54. The molecule has 4 nitrogen and oxygen atoms in total. The topological polar surface area (TPSA) is 41.6 Å². The lowest BCUT2D eigenvalue weighted by Gasteiger charge is -2.20. The first-order valence-corrected chi connectivity index (χ1v) is 8.75. The molecule has 0 radical (unpaired) electrons. The maximum atomic E-state index is 12.4. The molecular weight excluding hydrogens is 312 g/mol. The van der Waals surface area contributed by atoms with Crippen LogP contribution in [0.15, 0.2) is 48.5 Å². The van der Waals surface area contributed by atoms with Crippen LogP contribution in [0.3, 0.4) is 0 Å². The van der Waals surface area contributed by atoms with Gasteiger partial charge in [0.05, 0.1) is 6.54 Å². The predicted molar refractivity (Wildman–Crippen MR) is 101 cm³/mol. The van der Waals surface area contributed by atoms with Crippen LogP contribution >= 0.6 is 0 Å². The van der Waals surface area contributed by atoms with Gasteiger partial charge in [0.15, 0.2) is 0 Å². The minimum absolute atomic E-state index is 0.00268. The molecule has 2 aromatic carbocycles. The van der Waals surface area contributed by atoms with Crippen molar-refractivity contribution in [2.24, 2.45) is 0 Å². The zero-order valence-electron chi connectivity index (χ0n) is 15.2. The Hall–Kier alpha value is -2.33. The molecule has 4 heteroatoms. The van der Waals surface area contributed by atoms with Crippen LogP contribution in [0.2, 0.25) is 0 Å². The summed E-state index contributed by atoms with van der Waals surface area (Å²) in [5.74, 6) is 0.922. The second kappa shape index (κ2) is 7.28. The lowest BCUT2D eigenvalue weighted by molar-refractivity contribution is -0.117. The summed E-state index contributed by atoms with van der Waals surface area (Å²) in [7, 11) is 0. The zero-order valence-corrected chi connectivity index (χ0v) is 15.2. The molecule has 1 aliphatic rings. The van der Waals surface area contributed by atoms with Gasteiger partial charge in [0.1, 0.15) is 12.4 Å². The Morgan fingerprint density at radius 2 is 1.84 bits per heavy atom. The maximum Gasteiger partial charge on any atom is 0.238 e. The molecule has 0 fully saturated rings. The third-order valence-corrected chi connectivity index (χ3v) is 4.43. The molecule has 0 aliphatic carbocycles. The van der Waals surface area contributed by atoms with Crippen molar-refractivity contribution in [1.29, 1.82) is 0 Å². The SMILES string of the molecule is CC(C)(C)c1ccc(NC(=O)CN2CCOc3ccccc3C2)cc1. The van der Waals surface area contributed by atoms with Crippen molar-refractivity contribution in [3.05, 3.63) is 59.7 Å². The number of ether oxygens (including phenoxy) is 1. The lowest BCUT2D eigenvalue weighted by Crippen LogP contribution is -2.34. The first-order valence-electron chi connectivity index (χ1n) is 8.75. The number of nitrogens with one attached hydrogen (secondary N) is 1. The summed E-state index contributed by atoms with van der Waals surface area (Å²) in [6.07, 6.45) is 0. The van der Waals surface area contributed by atoms with Crippen molar-refractivity contribution in [3.8, 4) is 5.75 Å². The Bertz CT molecular complexity index is 732. The van der Waals surface area contributed by atoms with E-state index < -0.39 is 0 Å². The van der Waals surface area contributed by atoms with Crippen LogP contribution in [0.4, 0.5) is 5.69 Å². The quantitative estimate of drug-likeness (QED) is 0.925. The molecule has 1 amide bonds. The van der Waals surface area contributed by atoms with Gasteiger partial charge < -0.3 is 10.1 Å². The number of nitrogens with zero attached hydrogens (tertiary/aromatic N) is 1. The van der Waals surface area contributed by atoms with E-state index in [9.17, 15) is 4.79 Å². The minimum Gasteiger partial charge on any atom is -0.492 e. The van der Waals surface area contributed by atoms with Gasteiger partial charge in [-0.2, -0.15) is 0 Å². The van der Waals surface area contributed by atoms with Crippen LogP contribution in [0.25, 0.3) is 0 Å². The number of carbonyl (C=O) groups is 1. The minimum atomic E-state index is 0.00268. The van der Waals surface area contributed by atoms with Crippen LogP contribution in [0.5, 0.6) is 5.75 Å². The Balaban J connectivity index is 1.59. The van der Waals surface area contributed by atoms with Gasteiger partial charge in [0.25, 0.3) is 0 Å². The highest BCUT2D eigenvalue weighted by atomic mass is 16.5. The summed E-state index contributed by atoms with van der Waals surface area (Å²) in [5, 5.41) is 2.99. The molecule has 1 heterocycles. The average Bonchev–Trinajstić information content (AvgIpc) is 2.76. The second-order valence-electron chi connectivity index (χ2n) is 7.54. The fourth-order valence-electron chi connectivity index (χ4n) is 2.97. The van der Waals surface area contributed by atoms with Gasteiger partial charge in [-0.15, -0.1) is 0 Å². The largest absolute Gasteiger partial charge is 0.492 e. The first kappa shape index (κ1) is 17.5. The van der Waals surface area contributed by atoms with Crippen LogP contribution in [-0.2, 0) is 16.8 Å². The summed E-state index contributed by atoms with van der Waals surface area (Å²) in [5.41, 5.74) is 3.33. The Labute approximate surface area is 149 Å². The molecule has 1 aliphatic heterocycles. The molecular formula is C21H26N2O2. The van der Waals surface area contributed by atoms with Crippen LogP contribution in [0.1, 0.15) is 31.9 Å². The van der Waals surface area contributed by atoms with E-state index in [1.54, 1.807) is 0 Å². The van der Waals surface area contributed by atoms with Crippen molar-refractivity contribution >= 4 is 11.6 Å². The van der Waals surface area contributed by atoms with Gasteiger partial charge in [-0.05, 0) is 29.2 Å². The number of rotatable bonds is 3. The molecule has 0 atom stereocenters. The monoisotopic (exact) mass is 338 g/mol. The van der Waals surface area contributed by atoms with Gasteiger partial charge in [0.2, 0.25) is 5.91 Å². The van der Waals surface area contributed by atoms with E-state index in [0.29, 0.717) is 13.2 Å². The van der Waals surface area contributed by atoms with Gasteiger partial charge in [-0.25, -0.2) is 0 Å². The molecule has 0 unspecified atom stereocenters. The highest BCUT2D eigenvalue weighted by molar-refractivity contribution is 5.92. The highest BCUT2D eigenvalue weighted by Gasteiger charge is 2.18. The number of hydrogen-bond donors (Lipinski definition) is 1. The third-order valence-electron chi connectivity index (χ3n) is 4.43. The van der Waals surface area contributed by atoms with Gasteiger partial charge in [0, 0.05) is 24.3 Å². The Morgan fingerprint density at radius 1 is 1.12 bits per heavy atom. The van der Waals surface area contributed by atoms with Crippen LogP contribution in [-0.4, -0.2) is 30.5 Å². The molecule has 0 saturated heterocycles. The number of fused-ring (bicyclic) bond motifs is 1. The standard InChI is InChI=1S/C21H26N2O2/c1-21(2,3)17-8-10-18(11-9-17)22-20(24)15-23-12-13-25-19-7-5-4-6-16(19)14-23/h4-11H,12-15H2,1-3H3,(H,22,24). The van der Waals surface area contributed by atoms with E-state index in [1.165, 1.54) is 5.56 Å². The van der Waals surface area contributed by atoms with Gasteiger partial charge in [-0.1, -0.05) is 51.1 Å². The molecule has 0 spiro atoms. The molecule has 3 rings (SSSR count). The van der Waals surface area contributed by atoms with Crippen LogP contribution < -0.4 is 10.1 Å². The fraction of sp³-hybridized carbons (Fsp3) is 0.381. The molecule has 0 bridgehead atoms. The molecule has 0 aromatic heterocycles. The fourth-order valence-corrected chi connectivity index (χ4v) is 2.97. The third kappa shape index (κ3) is 4.60. The lowest BCUT2D eigenvalue weighted by atomic mass is 9.87. The highest BCUT2D eigenvalue weighted by Crippen LogP contribution is 2.24. The summed E-state index contributed by atoms with van der Waals surface area (Å²) in [6, 6.07) is 16.1. The number of amides is 1. The number of para-hydroxylation sites is 1. The van der Waals surface area contributed by atoms with Crippen molar-refractivity contribution in [2.75, 3.05) is 25.0 Å². The van der Waals surface area contributed by atoms with E-state index >= 15 is 0 Å². The molecule has 2 aromatic rings. The van der Waals surface area contributed by atoms with E-state index in [4.69, 9.17) is 4.74 Å². The van der Waals surface area contributed by atoms with Crippen molar-refractivity contribution in [1.82, 2.24) is 4.90 Å². The number of carbonyl (C=O) groups excluding carboxylic acids is 1. The Kier molecular flexibility index (Phi) is 5.09. The summed E-state index contributed by atoms with van der Waals surface area (Å²) >= 11 is 0. The summed E-state index contributed by atoms with van der Waals surface area (Å²) in [4.78, 5) is 14.5. The average molecular weight is 338 g/mol. The normalized spacial score (nSPS) is 15.0. The van der Waals surface area contributed by atoms with Gasteiger partial charge >= 0.3 is 0 Å². The number of benzene rings is 2. The zero-order chi connectivity index (χ0) is 17.9. The smallest absolute Gasteiger partial charge is 0.238 e. The molecule has 0 saturated carbocycles. The number of anilines is 1. The first-order chi connectivity index (χ1) is 11.9. The van der Waals surface area contributed by atoms with E-state index in [2.05, 4.69) is 49.2 Å². The maximum absolute atomic E-state index is 12.4. The van der Waals surface area contributed by atoms with E-state index in [-0.39, 0.29) is 11.3 Å². The van der Waals surface area contributed by atoms with Crippen molar-refractivity contribution in [2.45, 2.75) is 32.7 Å². The predicted octanol–water partition coefficient (Wildman–Crippen LogP) is 3.82. The molecule has 132 valence electrons.